The van der Waals surface area contributed by atoms with Gasteiger partial charge in [-0.3, -0.25) is 4.79 Å². The number of carbonyl (C=O) groups is 1. The Kier molecular flexibility index (Phi) is 5.33. The molecule has 0 saturated heterocycles. The first-order valence-electron chi connectivity index (χ1n) is 7.50. The van der Waals surface area contributed by atoms with Crippen LogP contribution >= 0.6 is 23.4 Å². The third-order valence-electron chi connectivity index (χ3n) is 3.78. The zero-order valence-electron chi connectivity index (χ0n) is 12.7. The van der Waals surface area contributed by atoms with Crippen LogP contribution in [0.25, 0.3) is 0 Å². The van der Waals surface area contributed by atoms with E-state index in [9.17, 15) is 9.18 Å². The summed E-state index contributed by atoms with van der Waals surface area (Å²) in [5, 5.41) is 3.52. The number of halogens is 2. The zero-order valence-corrected chi connectivity index (χ0v) is 14.3. The second-order valence-electron chi connectivity index (χ2n) is 5.62. The molecule has 0 aliphatic heterocycles. The third kappa shape index (κ3) is 4.23. The summed E-state index contributed by atoms with van der Waals surface area (Å²) in [5.41, 5.74) is 5.98. The van der Waals surface area contributed by atoms with Crippen LogP contribution in [0.2, 0.25) is 5.02 Å². The minimum absolute atomic E-state index is 0.0186. The van der Waals surface area contributed by atoms with E-state index in [1.54, 1.807) is 24.5 Å². The maximum Gasteiger partial charge on any atom is 0.222 e. The summed E-state index contributed by atoms with van der Waals surface area (Å²) < 4.78 is 13.8. The van der Waals surface area contributed by atoms with Crippen molar-refractivity contribution in [2.24, 2.45) is 5.73 Å². The lowest BCUT2D eigenvalue weighted by atomic mass is 9.90. The molecule has 0 spiro atoms. The van der Waals surface area contributed by atoms with Gasteiger partial charge in [0.15, 0.2) is 0 Å². The molecule has 126 valence electrons. The lowest BCUT2D eigenvalue weighted by molar-refractivity contribution is -0.120. The van der Waals surface area contributed by atoms with Crippen LogP contribution in [-0.2, 0) is 4.79 Å². The van der Waals surface area contributed by atoms with Crippen molar-refractivity contribution in [1.82, 2.24) is 9.97 Å². The molecule has 3 rings (SSSR count). The molecule has 0 bridgehead atoms. The van der Waals surface area contributed by atoms with E-state index < -0.39 is 0 Å². The van der Waals surface area contributed by atoms with Crippen molar-refractivity contribution in [3.05, 3.63) is 41.4 Å². The molecule has 1 saturated carbocycles. The van der Waals surface area contributed by atoms with Crippen molar-refractivity contribution in [2.75, 3.05) is 5.32 Å². The SMILES string of the molecule is NC1CC(=O)CCC1Nc1ncc(Sc2ccc(Cl)cc2F)cn1. The second kappa shape index (κ2) is 7.46. The molecule has 1 fully saturated rings. The number of benzene rings is 1. The monoisotopic (exact) mass is 366 g/mol. The van der Waals surface area contributed by atoms with E-state index in [-0.39, 0.29) is 23.7 Å². The number of aromatic nitrogens is 2. The smallest absolute Gasteiger partial charge is 0.222 e. The molecule has 8 heteroatoms. The molecule has 24 heavy (non-hydrogen) atoms. The first-order chi connectivity index (χ1) is 11.5. The summed E-state index contributed by atoms with van der Waals surface area (Å²) in [6, 6.07) is 4.27. The summed E-state index contributed by atoms with van der Waals surface area (Å²) >= 11 is 6.96. The molecule has 1 aromatic heterocycles. The van der Waals surface area contributed by atoms with Gasteiger partial charge < -0.3 is 11.1 Å². The molecular formula is C16H16ClFN4OS. The van der Waals surface area contributed by atoms with Crippen LogP contribution in [0.15, 0.2) is 40.4 Å². The van der Waals surface area contributed by atoms with Gasteiger partial charge in [-0.2, -0.15) is 0 Å². The summed E-state index contributed by atoms with van der Waals surface area (Å²) in [6.07, 6.45) is 4.81. The van der Waals surface area contributed by atoms with Crippen LogP contribution in [-0.4, -0.2) is 27.8 Å². The van der Waals surface area contributed by atoms with Gasteiger partial charge >= 0.3 is 0 Å². The van der Waals surface area contributed by atoms with Crippen LogP contribution in [0.4, 0.5) is 10.3 Å². The Hall–Kier alpha value is -1.70. The third-order valence-corrected chi connectivity index (χ3v) is 5.01. The number of nitrogens with one attached hydrogen (secondary N) is 1. The standard InChI is InChI=1S/C16H16ClFN4OS/c17-9-1-4-15(12(18)5-9)24-11-7-20-16(21-8-11)22-14-3-2-10(23)6-13(14)19/h1,4-5,7-8,13-14H,2-3,6,19H2,(H,20,21,22). The number of nitrogens with zero attached hydrogens (tertiary/aromatic N) is 2. The molecular weight excluding hydrogens is 351 g/mol. The van der Waals surface area contributed by atoms with E-state index in [1.807, 2.05) is 0 Å². The molecule has 5 nitrogen and oxygen atoms in total. The molecule has 2 unspecified atom stereocenters. The van der Waals surface area contributed by atoms with Crippen LogP contribution in [0.3, 0.4) is 0 Å². The highest BCUT2D eigenvalue weighted by Gasteiger charge is 2.26. The van der Waals surface area contributed by atoms with Crippen molar-refractivity contribution >= 4 is 35.1 Å². The molecule has 0 amide bonds. The maximum atomic E-state index is 13.8. The first kappa shape index (κ1) is 17.1. The second-order valence-corrected chi connectivity index (χ2v) is 7.17. The lowest BCUT2D eigenvalue weighted by Crippen LogP contribution is -2.45. The Balaban J connectivity index is 1.64. The number of hydrogen-bond acceptors (Lipinski definition) is 6. The van der Waals surface area contributed by atoms with Crippen molar-refractivity contribution < 1.29 is 9.18 Å². The zero-order chi connectivity index (χ0) is 17.1. The van der Waals surface area contributed by atoms with E-state index in [2.05, 4.69) is 15.3 Å². The fraction of sp³-hybridized carbons (Fsp3) is 0.312. The Morgan fingerprint density at radius 2 is 2.08 bits per heavy atom. The molecule has 1 heterocycles. The minimum Gasteiger partial charge on any atom is -0.350 e. The highest BCUT2D eigenvalue weighted by atomic mass is 35.5. The molecule has 1 aliphatic carbocycles. The number of hydrogen-bond donors (Lipinski definition) is 2. The van der Waals surface area contributed by atoms with Gasteiger partial charge in [0, 0.05) is 52.1 Å². The van der Waals surface area contributed by atoms with Crippen LogP contribution in [0, 0.1) is 5.82 Å². The van der Waals surface area contributed by atoms with Crippen LogP contribution < -0.4 is 11.1 Å². The Labute approximate surface area is 148 Å². The molecule has 1 aliphatic rings. The lowest BCUT2D eigenvalue weighted by Gasteiger charge is -2.28. The average molecular weight is 367 g/mol. The van der Waals surface area contributed by atoms with Gasteiger partial charge in [-0.1, -0.05) is 23.4 Å². The van der Waals surface area contributed by atoms with Gasteiger partial charge in [-0.15, -0.1) is 0 Å². The normalized spacial score (nSPS) is 20.9. The van der Waals surface area contributed by atoms with Crippen molar-refractivity contribution in [1.29, 1.82) is 0 Å². The maximum absolute atomic E-state index is 13.8. The average Bonchev–Trinajstić information content (AvgIpc) is 2.54. The number of anilines is 1. The van der Waals surface area contributed by atoms with Gasteiger partial charge in [0.25, 0.3) is 0 Å². The summed E-state index contributed by atoms with van der Waals surface area (Å²) in [5.74, 6) is 0.261. The highest BCUT2D eigenvalue weighted by molar-refractivity contribution is 7.99. The largest absolute Gasteiger partial charge is 0.350 e. The minimum atomic E-state index is -0.382. The highest BCUT2D eigenvalue weighted by Crippen LogP contribution is 2.30. The van der Waals surface area contributed by atoms with Gasteiger partial charge in [0.05, 0.1) is 0 Å². The van der Waals surface area contributed by atoms with Crippen molar-refractivity contribution in [2.45, 2.75) is 41.1 Å². The summed E-state index contributed by atoms with van der Waals surface area (Å²) in [6.45, 7) is 0. The fourth-order valence-corrected chi connectivity index (χ4v) is 3.43. The predicted octanol–water partition coefficient (Wildman–Crippen LogP) is 3.28. The van der Waals surface area contributed by atoms with E-state index in [4.69, 9.17) is 17.3 Å². The Morgan fingerprint density at radius 3 is 2.75 bits per heavy atom. The molecule has 2 atom stereocenters. The number of rotatable bonds is 4. The fourth-order valence-electron chi connectivity index (χ4n) is 2.51. The quantitative estimate of drug-likeness (QED) is 0.864. The van der Waals surface area contributed by atoms with Gasteiger partial charge in [-0.05, 0) is 24.6 Å². The van der Waals surface area contributed by atoms with Crippen LogP contribution in [0.1, 0.15) is 19.3 Å². The molecule has 0 radical (unpaired) electrons. The van der Waals surface area contributed by atoms with E-state index in [1.165, 1.54) is 17.8 Å². The topological polar surface area (TPSA) is 80.9 Å². The Bertz CT molecular complexity index is 743. The number of Topliss-reactive ketones (excluding diaryl/α,β-unsaturated/α-hetero) is 1. The summed E-state index contributed by atoms with van der Waals surface area (Å²) in [4.78, 5) is 21.0. The summed E-state index contributed by atoms with van der Waals surface area (Å²) in [7, 11) is 0. The van der Waals surface area contributed by atoms with E-state index >= 15 is 0 Å². The Morgan fingerprint density at radius 1 is 1.33 bits per heavy atom. The number of nitrogens with two attached hydrogens (primary N) is 1. The van der Waals surface area contributed by atoms with Gasteiger partial charge in [0.1, 0.15) is 11.6 Å². The molecule has 3 N–H and O–H groups in total. The van der Waals surface area contributed by atoms with Crippen molar-refractivity contribution in [3.63, 3.8) is 0 Å². The van der Waals surface area contributed by atoms with E-state index in [0.29, 0.717) is 40.0 Å². The van der Waals surface area contributed by atoms with Gasteiger partial charge in [0.2, 0.25) is 5.95 Å². The first-order valence-corrected chi connectivity index (χ1v) is 8.69. The molecule has 1 aromatic carbocycles. The molecule has 2 aromatic rings. The van der Waals surface area contributed by atoms with Gasteiger partial charge in [-0.25, -0.2) is 14.4 Å². The van der Waals surface area contributed by atoms with E-state index in [0.717, 1.165) is 0 Å². The number of carbonyl (C=O) groups excluding carboxylic acids is 1. The number of ketones is 1. The van der Waals surface area contributed by atoms with Crippen LogP contribution in [0.5, 0.6) is 0 Å². The predicted molar refractivity (Wildman–Crippen MR) is 91.8 cm³/mol. The van der Waals surface area contributed by atoms with Crippen molar-refractivity contribution in [3.8, 4) is 0 Å².